The van der Waals surface area contributed by atoms with Gasteiger partial charge in [-0.25, -0.2) is 27.6 Å². The number of esters is 1. The van der Waals surface area contributed by atoms with Crippen LogP contribution < -0.4 is 10.6 Å². The van der Waals surface area contributed by atoms with E-state index in [1.165, 1.54) is 10.6 Å². The zero-order chi connectivity index (χ0) is 41.8. The van der Waals surface area contributed by atoms with E-state index in [0.29, 0.717) is 43.9 Å². The van der Waals surface area contributed by atoms with Crippen molar-refractivity contribution >= 4 is 51.8 Å². The van der Waals surface area contributed by atoms with Crippen molar-refractivity contribution in [1.82, 2.24) is 29.2 Å². The van der Waals surface area contributed by atoms with Gasteiger partial charge in [-0.15, -0.1) is 4.99 Å². The number of aliphatic imine (C=N–C) groups is 1. The number of ether oxygens (including phenoxy) is 3. The minimum atomic E-state index is -3.35. The van der Waals surface area contributed by atoms with Crippen LogP contribution in [0.25, 0.3) is 0 Å². The van der Waals surface area contributed by atoms with Gasteiger partial charge in [0.15, 0.2) is 0 Å². The Morgan fingerprint density at radius 1 is 0.732 bits per heavy atom. The van der Waals surface area contributed by atoms with Gasteiger partial charge in [0.25, 0.3) is 0 Å². The number of rotatable bonds is 5. The lowest BCUT2D eigenvalue weighted by atomic mass is 10.1. The van der Waals surface area contributed by atoms with Crippen molar-refractivity contribution in [3.05, 3.63) is 29.8 Å². The SMILES string of the molecule is CC(C)(C)OC(=O)N=C(NC(=O)OC(C)(C)C)N1CCN(C(=O)N2C[C@@H](N3CCN(S(C)(=O)=O)CC3)C[C@H]2C(=O)Nc2ccc(C(=O)OC(C)(C)C)cc2)CC1. The maximum absolute atomic E-state index is 14.3. The van der Waals surface area contributed by atoms with Crippen molar-refractivity contribution in [2.45, 2.75) is 97.6 Å². The van der Waals surface area contributed by atoms with Gasteiger partial charge in [-0.1, -0.05) is 0 Å². The second-order valence-electron chi connectivity index (χ2n) is 17.1. The van der Waals surface area contributed by atoms with E-state index in [0.717, 1.165) is 0 Å². The van der Waals surface area contributed by atoms with Crippen LogP contribution in [0.15, 0.2) is 29.3 Å². The number of urea groups is 1. The van der Waals surface area contributed by atoms with Crippen molar-refractivity contribution in [3.63, 3.8) is 0 Å². The number of likely N-dealkylation sites (tertiary alicyclic amines) is 1. The van der Waals surface area contributed by atoms with Gasteiger partial charge >= 0.3 is 24.2 Å². The number of benzene rings is 1. The van der Waals surface area contributed by atoms with E-state index < -0.39 is 56.9 Å². The van der Waals surface area contributed by atoms with Crippen LogP contribution in [-0.4, -0.2) is 162 Å². The summed E-state index contributed by atoms with van der Waals surface area (Å²) in [6.45, 7) is 18.0. The van der Waals surface area contributed by atoms with E-state index in [1.807, 2.05) is 0 Å². The summed E-state index contributed by atoms with van der Waals surface area (Å²) in [7, 11) is -3.35. The van der Waals surface area contributed by atoms with Crippen LogP contribution in [0.5, 0.6) is 0 Å². The summed E-state index contributed by atoms with van der Waals surface area (Å²) in [6, 6.07) is 4.88. The Morgan fingerprint density at radius 2 is 1.27 bits per heavy atom. The number of nitrogens with one attached hydrogen (secondary N) is 2. The van der Waals surface area contributed by atoms with Gasteiger partial charge in [-0.2, -0.15) is 4.31 Å². The molecule has 3 heterocycles. The molecule has 3 saturated heterocycles. The normalized spacial score (nSPS) is 20.7. The Balaban J connectivity index is 1.50. The molecule has 0 radical (unpaired) electrons. The molecule has 19 heteroatoms. The third-order valence-electron chi connectivity index (χ3n) is 8.93. The van der Waals surface area contributed by atoms with Gasteiger partial charge in [-0.05, 0) is 93.0 Å². The van der Waals surface area contributed by atoms with Gasteiger partial charge in [0.2, 0.25) is 21.9 Å². The fraction of sp³-hybridized carbons (Fsp3) is 0.676. The number of piperazine rings is 2. The zero-order valence-electron chi connectivity index (χ0n) is 34.2. The van der Waals surface area contributed by atoms with Crippen molar-refractivity contribution in [2.24, 2.45) is 4.99 Å². The number of amides is 5. The van der Waals surface area contributed by atoms with Crippen molar-refractivity contribution in [3.8, 4) is 0 Å². The second kappa shape index (κ2) is 17.3. The number of sulfonamides is 1. The fourth-order valence-corrected chi connectivity index (χ4v) is 7.25. The third kappa shape index (κ3) is 13.0. The van der Waals surface area contributed by atoms with Crippen molar-refractivity contribution in [2.75, 3.05) is 70.5 Å². The number of carbonyl (C=O) groups is 5. The van der Waals surface area contributed by atoms with Crippen LogP contribution in [0.4, 0.5) is 20.1 Å². The van der Waals surface area contributed by atoms with E-state index in [9.17, 15) is 32.4 Å². The summed E-state index contributed by atoms with van der Waals surface area (Å²) in [5.41, 5.74) is -1.56. The first-order valence-corrected chi connectivity index (χ1v) is 20.6. The molecule has 2 N–H and O–H groups in total. The topological polar surface area (TPSA) is 200 Å². The quantitative estimate of drug-likeness (QED) is 0.191. The molecule has 0 spiro atoms. The van der Waals surface area contributed by atoms with Gasteiger partial charge in [-0.3, -0.25) is 15.0 Å². The maximum atomic E-state index is 14.3. The summed E-state index contributed by atoms with van der Waals surface area (Å²) in [5, 5.41) is 5.45. The predicted octanol–water partition coefficient (Wildman–Crippen LogP) is 3.15. The van der Waals surface area contributed by atoms with Crippen molar-refractivity contribution < 1.29 is 46.6 Å². The molecule has 3 aliphatic heterocycles. The summed E-state index contributed by atoms with van der Waals surface area (Å²) < 4.78 is 41.9. The molecule has 0 unspecified atom stereocenters. The lowest BCUT2D eigenvalue weighted by Gasteiger charge is -2.39. The minimum Gasteiger partial charge on any atom is -0.456 e. The molecule has 0 aromatic heterocycles. The van der Waals surface area contributed by atoms with Gasteiger partial charge in [0, 0.05) is 70.6 Å². The molecule has 1 aromatic carbocycles. The van der Waals surface area contributed by atoms with E-state index in [2.05, 4.69) is 20.5 Å². The Hall–Kier alpha value is -4.49. The molecule has 2 atom stereocenters. The Bertz CT molecular complexity index is 1750. The highest BCUT2D eigenvalue weighted by Gasteiger charge is 2.44. The van der Waals surface area contributed by atoms with Crippen LogP contribution in [0.2, 0.25) is 0 Å². The van der Waals surface area contributed by atoms with Gasteiger partial charge in [0.05, 0.1) is 11.8 Å². The number of alkyl carbamates (subject to hydrolysis) is 1. The van der Waals surface area contributed by atoms with Crippen LogP contribution in [0.3, 0.4) is 0 Å². The first kappa shape index (κ1) is 44.2. The Kier molecular flexibility index (Phi) is 13.7. The van der Waals surface area contributed by atoms with Crippen LogP contribution in [0.1, 0.15) is 79.1 Å². The number of nitrogens with zero attached hydrogens (tertiary/aromatic N) is 6. The van der Waals surface area contributed by atoms with E-state index in [-0.39, 0.29) is 50.8 Å². The van der Waals surface area contributed by atoms with E-state index >= 15 is 0 Å². The Morgan fingerprint density at radius 3 is 1.79 bits per heavy atom. The molecule has 3 aliphatic rings. The molecule has 0 saturated carbocycles. The number of anilines is 1. The smallest absolute Gasteiger partial charge is 0.437 e. The second-order valence-corrected chi connectivity index (χ2v) is 19.1. The third-order valence-corrected chi connectivity index (χ3v) is 10.2. The maximum Gasteiger partial charge on any atom is 0.437 e. The fourth-order valence-electron chi connectivity index (χ4n) is 6.43. The molecule has 3 fully saturated rings. The van der Waals surface area contributed by atoms with Crippen LogP contribution in [0, 0.1) is 0 Å². The summed E-state index contributed by atoms with van der Waals surface area (Å²) >= 11 is 0. The molecule has 4 rings (SSSR count). The first-order chi connectivity index (χ1) is 25.8. The number of guanidine groups is 1. The first-order valence-electron chi connectivity index (χ1n) is 18.7. The van der Waals surface area contributed by atoms with Gasteiger partial charge in [0.1, 0.15) is 22.8 Å². The van der Waals surface area contributed by atoms with E-state index in [4.69, 9.17) is 14.2 Å². The van der Waals surface area contributed by atoms with Crippen LogP contribution in [-0.2, 0) is 29.0 Å². The Labute approximate surface area is 329 Å². The molecule has 1 aromatic rings. The monoisotopic (exact) mass is 806 g/mol. The summed E-state index contributed by atoms with van der Waals surface area (Å²) in [5.74, 6) is -0.983. The average molecular weight is 807 g/mol. The number of hydrogen-bond donors (Lipinski definition) is 2. The highest BCUT2D eigenvalue weighted by atomic mass is 32.2. The highest BCUT2D eigenvalue weighted by molar-refractivity contribution is 7.88. The largest absolute Gasteiger partial charge is 0.456 e. The molecular weight excluding hydrogens is 749 g/mol. The average Bonchev–Trinajstić information content (AvgIpc) is 3.51. The molecular formula is C37H58N8O10S. The predicted molar refractivity (Wildman–Crippen MR) is 209 cm³/mol. The minimum absolute atomic E-state index is 0.0787. The molecule has 312 valence electrons. The molecule has 5 amide bonds. The molecule has 56 heavy (non-hydrogen) atoms. The lowest BCUT2D eigenvalue weighted by molar-refractivity contribution is -0.119. The standard InChI is InChI=1S/C37H58N8O10S/c1-35(2,3)53-30(47)25-11-13-26(14-12-25)38-29(46)28-23-27(41-19-21-44(22-20-41)56(10,51)52)24-45(28)34(50)43-17-15-42(16-18-43)31(39-32(48)54-36(4,5)6)40-33(49)55-37(7,8)9/h11-14,27-28H,15-24H2,1-10H3,(H,38,46)(H,39,40,48,49)/t27-,28-/m0/s1. The van der Waals surface area contributed by atoms with Gasteiger partial charge < -0.3 is 34.2 Å². The van der Waals surface area contributed by atoms with Crippen molar-refractivity contribution in [1.29, 1.82) is 0 Å². The lowest BCUT2D eigenvalue weighted by Crippen LogP contribution is -2.58. The number of hydrogen-bond acceptors (Lipinski definition) is 11. The summed E-state index contributed by atoms with van der Waals surface area (Å²) in [4.78, 5) is 77.1. The molecule has 18 nitrogen and oxygen atoms in total. The molecule has 0 bridgehead atoms. The zero-order valence-corrected chi connectivity index (χ0v) is 35.0. The number of carbonyl (C=O) groups excluding carboxylic acids is 5. The van der Waals surface area contributed by atoms with Crippen LogP contribution >= 0.6 is 0 Å². The highest BCUT2D eigenvalue weighted by Crippen LogP contribution is 2.27. The molecule has 0 aliphatic carbocycles. The summed E-state index contributed by atoms with van der Waals surface area (Å²) in [6.07, 6.45) is -0.222. The van der Waals surface area contributed by atoms with E-state index in [1.54, 1.807) is 101 Å².